The number of carbonyl (C=O) groups is 2. The van der Waals surface area contributed by atoms with E-state index in [1.807, 2.05) is 0 Å². The maximum atomic E-state index is 8.93. The summed E-state index contributed by atoms with van der Waals surface area (Å²) in [5, 5.41) is 17.9. The summed E-state index contributed by atoms with van der Waals surface area (Å²) in [5.74, 6) is -4.37. The van der Waals surface area contributed by atoms with E-state index in [0.29, 0.717) is 0 Å². The van der Waals surface area contributed by atoms with Gasteiger partial charge in [0.1, 0.15) is 0 Å². The molecule has 5 nitrogen and oxygen atoms in total. The minimum absolute atomic E-state index is 0. The molecular formula is C2H4CaFNO4. The van der Waals surface area contributed by atoms with Crippen LogP contribution in [0.5, 0.6) is 0 Å². The molecule has 0 aromatic rings. The van der Waals surface area contributed by atoms with Crippen molar-refractivity contribution in [3.8, 4) is 0 Å². The molecule has 0 rings (SSSR count). The van der Waals surface area contributed by atoms with E-state index in [4.69, 9.17) is 19.8 Å². The number of carboxylic acids is 2. The van der Waals surface area contributed by atoms with Gasteiger partial charge in [0.25, 0.3) is 0 Å². The molecule has 0 aliphatic carbocycles. The van der Waals surface area contributed by atoms with E-state index in [1.165, 1.54) is 0 Å². The summed E-state index contributed by atoms with van der Waals surface area (Å²) in [4.78, 5) is 17.9. The summed E-state index contributed by atoms with van der Waals surface area (Å²) in [7, 11) is 0. The number of halogens is 1. The molecule has 0 saturated carbocycles. The molecule has 0 radical (unpaired) electrons. The van der Waals surface area contributed by atoms with Crippen LogP contribution < -0.4 is 16.4 Å². The van der Waals surface area contributed by atoms with E-state index in [9.17, 15) is 0 Å². The van der Waals surface area contributed by atoms with Crippen molar-refractivity contribution in [2.45, 2.75) is 0 Å². The number of rotatable bonds is 0. The summed E-state index contributed by atoms with van der Waals surface area (Å²) < 4.78 is 0. The fourth-order valence-corrected chi connectivity index (χ4v) is 0. The molecule has 7 heteroatoms. The monoisotopic (exact) mass is 165 g/mol. The van der Waals surface area contributed by atoms with Gasteiger partial charge < -0.3 is 26.0 Å². The predicted octanol–water partition coefficient (Wildman–Crippen LogP) is -3.58. The van der Waals surface area contributed by atoms with Gasteiger partial charge in [-0.1, -0.05) is 0 Å². The molecule has 0 unspecified atom stereocenters. The van der Waals surface area contributed by atoms with Gasteiger partial charge in [-0.05, 0) is 0 Å². The van der Waals surface area contributed by atoms with Gasteiger partial charge in [0.2, 0.25) is 0 Å². The van der Waals surface area contributed by atoms with E-state index >= 15 is 0 Å². The topological polar surface area (TPSA) is 115 Å². The minimum Gasteiger partial charge on any atom is -0.543 e. The second-order valence-electron chi connectivity index (χ2n) is 0.575. The molecule has 0 amide bonds. The molecule has 0 aromatic carbocycles. The Labute approximate surface area is 80.0 Å². The Morgan fingerprint density at radius 1 is 1.00 bits per heavy atom. The summed E-state index contributed by atoms with van der Waals surface area (Å²) in [5.41, 5.74) is 0. The van der Waals surface area contributed by atoms with Crippen LogP contribution in [-0.4, -0.2) is 49.7 Å². The molecule has 3 N–H and O–H groups in total. The van der Waals surface area contributed by atoms with Gasteiger partial charge in [-0.15, -0.1) is 0 Å². The Balaban J connectivity index is -0.0000000417. The summed E-state index contributed by atoms with van der Waals surface area (Å²) in [6.07, 6.45) is 0. The van der Waals surface area contributed by atoms with Crippen LogP contribution in [0.4, 0.5) is 4.70 Å². The molecule has 9 heavy (non-hydrogen) atoms. The van der Waals surface area contributed by atoms with Crippen molar-refractivity contribution in [1.82, 2.24) is 6.15 Å². The molecule has 0 bridgehead atoms. The van der Waals surface area contributed by atoms with E-state index < -0.39 is 11.9 Å². The fraction of sp³-hybridized carbons (Fsp3) is 0. The first-order valence-electron chi connectivity index (χ1n) is 1.07. The standard InChI is InChI=1S/C2H2O4.Ca.FH.H3N/c3-1(4)2(5)6;;;/h(H,3,4)(H,5,6);;1H;1H3/q;+2;;/p-2. The second kappa shape index (κ2) is 11.0. The maximum Gasteiger partial charge on any atom is 2.00 e. The Bertz CT molecular complexity index is 84.6. The summed E-state index contributed by atoms with van der Waals surface area (Å²) in [6, 6.07) is 0. The second-order valence-corrected chi connectivity index (χ2v) is 0.575. The van der Waals surface area contributed by atoms with E-state index in [2.05, 4.69) is 0 Å². The van der Waals surface area contributed by atoms with E-state index in [0.717, 1.165) is 0 Å². The van der Waals surface area contributed by atoms with Gasteiger partial charge in [-0.3, -0.25) is 4.70 Å². The van der Waals surface area contributed by atoms with Gasteiger partial charge in [-0.25, -0.2) is 0 Å². The van der Waals surface area contributed by atoms with Crippen molar-refractivity contribution in [2.75, 3.05) is 0 Å². The fourth-order valence-electron chi connectivity index (χ4n) is 0. The van der Waals surface area contributed by atoms with Gasteiger partial charge >= 0.3 is 37.7 Å². The molecule has 0 spiro atoms. The largest absolute Gasteiger partial charge is 2.00 e. The molecule has 0 saturated heterocycles. The van der Waals surface area contributed by atoms with Gasteiger partial charge in [0.15, 0.2) is 0 Å². The summed E-state index contributed by atoms with van der Waals surface area (Å²) in [6.45, 7) is 0. The molecule has 0 heterocycles. The summed E-state index contributed by atoms with van der Waals surface area (Å²) >= 11 is 0. The Kier molecular flexibility index (Phi) is 28.0. The number of aliphatic carboxylic acids is 2. The van der Waals surface area contributed by atoms with Crippen LogP contribution in [0.2, 0.25) is 0 Å². The number of carbonyl (C=O) groups excluding carboxylic acids is 2. The van der Waals surface area contributed by atoms with Crippen LogP contribution in [0.1, 0.15) is 0 Å². The zero-order chi connectivity index (χ0) is 5.15. The van der Waals surface area contributed by atoms with Gasteiger partial charge in [0.05, 0.1) is 11.9 Å². The normalized spacial score (nSPS) is 4.89. The van der Waals surface area contributed by atoms with Gasteiger partial charge in [-0.2, -0.15) is 0 Å². The predicted molar refractivity (Wildman–Crippen MR) is 23.3 cm³/mol. The Morgan fingerprint density at radius 3 is 1.11 bits per heavy atom. The van der Waals surface area contributed by atoms with E-state index in [1.54, 1.807) is 0 Å². The SMILES string of the molecule is F.N.O=C([O-])C(=O)[O-].[Ca+2]. The Hall–Kier alpha value is 0.0897. The van der Waals surface area contributed by atoms with Crippen LogP contribution >= 0.6 is 0 Å². The zero-order valence-corrected chi connectivity index (χ0v) is 6.66. The van der Waals surface area contributed by atoms with Crippen LogP contribution in [0.15, 0.2) is 0 Å². The third-order valence-corrected chi connectivity index (χ3v) is 0.167. The molecule has 0 fully saturated rings. The average Bonchev–Trinajstić information content (AvgIpc) is 1.36. The third kappa shape index (κ3) is 17.9. The first-order valence-corrected chi connectivity index (χ1v) is 1.07. The van der Waals surface area contributed by atoms with Crippen LogP contribution in [0.3, 0.4) is 0 Å². The zero-order valence-electron chi connectivity index (χ0n) is 4.46. The van der Waals surface area contributed by atoms with Crippen molar-refractivity contribution < 1.29 is 24.5 Å². The van der Waals surface area contributed by atoms with Gasteiger partial charge in [0, 0.05) is 0 Å². The van der Waals surface area contributed by atoms with Crippen molar-refractivity contribution in [3.63, 3.8) is 0 Å². The first kappa shape index (κ1) is 23.0. The quantitative estimate of drug-likeness (QED) is 0.294. The number of hydrogen-bond acceptors (Lipinski definition) is 5. The van der Waals surface area contributed by atoms with Crippen molar-refractivity contribution in [2.24, 2.45) is 0 Å². The average molecular weight is 165 g/mol. The smallest absolute Gasteiger partial charge is 0.543 e. The Morgan fingerprint density at radius 2 is 1.11 bits per heavy atom. The number of hydrogen-bond donors (Lipinski definition) is 1. The minimum atomic E-state index is -2.19. The molecule has 0 aromatic heterocycles. The van der Waals surface area contributed by atoms with Crippen molar-refractivity contribution in [3.05, 3.63) is 0 Å². The molecule has 0 atom stereocenters. The van der Waals surface area contributed by atoms with Crippen LogP contribution in [0, 0.1) is 0 Å². The first-order chi connectivity index (χ1) is 2.64. The third-order valence-electron chi connectivity index (χ3n) is 0.167. The van der Waals surface area contributed by atoms with E-state index in [-0.39, 0.29) is 48.6 Å². The maximum absolute atomic E-state index is 8.93. The number of carboxylic acid groups (broad SMARTS) is 2. The molecular weight excluding hydrogens is 161 g/mol. The molecule has 0 aliphatic heterocycles. The van der Waals surface area contributed by atoms with Crippen molar-refractivity contribution >= 4 is 49.7 Å². The van der Waals surface area contributed by atoms with Crippen molar-refractivity contribution in [1.29, 1.82) is 0 Å². The molecule has 0 aliphatic rings. The molecule has 50 valence electrons. The van der Waals surface area contributed by atoms with Crippen LogP contribution in [0.25, 0.3) is 0 Å². The van der Waals surface area contributed by atoms with Crippen LogP contribution in [-0.2, 0) is 9.59 Å².